The number of aliphatic hydroxyl groups excluding tert-OH is 1. The summed E-state index contributed by atoms with van der Waals surface area (Å²) in [5, 5.41) is 23.6. The number of hydrogen-bond donors (Lipinski definition) is 3. The normalized spacial score (nSPS) is 23.1. The zero-order valence-corrected chi connectivity index (χ0v) is 25.3. The maximum absolute atomic E-state index is 16.3. The van der Waals surface area contributed by atoms with E-state index in [2.05, 4.69) is 37.1 Å². The molecule has 0 bridgehead atoms. The van der Waals surface area contributed by atoms with Crippen molar-refractivity contribution in [2.75, 3.05) is 32.0 Å². The first-order chi connectivity index (χ1) is 19.7. The first-order valence-electron chi connectivity index (χ1n) is 14.2. The number of aliphatic hydroxyl groups is 1. The van der Waals surface area contributed by atoms with Gasteiger partial charge in [-0.1, -0.05) is 48.0 Å². The lowest BCUT2D eigenvalue weighted by molar-refractivity contribution is 0.153. The van der Waals surface area contributed by atoms with Crippen LogP contribution in [-0.4, -0.2) is 54.4 Å². The lowest BCUT2D eigenvalue weighted by Gasteiger charge is -2.32. The highest BCUT2D eigenvalue weighted by Gasteiger charge is 2.41. The van der Waals surface area contributed by atoms with Crippen molar-refractivity contribution in [1.82, 2.24) is 10.2 Å². The van der Waals surface area contributed by atoms with E-state index in [9.17, 15) is 10.4 Å². The topological polar surface area (TPSA) is 107 Å². The van der Waals surface area contributed by atoms with Gasteiger partial charge in [0.2, 0.25) is 0 Å². The van der Waals surface area contributed by atoms with E-state index in [0.29, 0.717) is 40.3 Å². The molecule has 41 heavy (non-hydrogen) atoms. The van der Waals surface area contributed by atoms with Crippen molar-refractivity contribution < 1.29 is 18.6 Å². The van der Waals surface area contributed by atoms with Gasteiger partial charge in [-0.05, 0) is 29.2 Å². The van der Waals surface area contributed by atoms with Crippen LogP contribution < -0.4 is 11.1 Å². The summed E-state index contributed by atoms with van der Waals surface area (Å²) in [5.41, 5.74) is 8.26. The van der Waals surface area contributed by atoms with Crippen molar-refractivity contribution in [2.45, 2.75) is 60.1 Å². The van der Waals surface area contributed by atoms with E-state index < -0.39 is 23.8 Å². The maximum atomic E-state index is 16.3. The second-order valence-electron chi connectivity index (χ2n) is 10.8. The number of guanidine groups is 1. The summed E-state index contributed by atoms with van der Waals surface area (Å²) in [5.74, 6) is 0.186. The summed E-state index contributed by atoms with van der Waals surface area (Å²) in [7, 11) is 0. The standard InChI is InChI=1S/C24H21F2N5O2S.C5H12.C2H6/c1-10-6-31(7-16(10)32)24-29-5-12-13-8-33-9-14(13)19(21(26)22(12)30-24)20-15(25)2-3-17-18(20)11(4-27)23(28)34-17;1-4-5(2)3;1-2/h2-3,5,10,16,22,32H,6-9,28H2,1H3,(H,29,30);5H,4H2,1-3H3;1-2H3. The molecule has 220 valence electrons. The number of anilines is 1. The lowest BCUT2D eigenvalue weighted by Crippen LogP contribution is -2.42. The van der Waals surface area contributed by atoms with Crippen LogP contribution in [0.15, 0.2) is 45.9 Å². The molecule has 1 fully saturated rings. The molecule has 4 N–H and O–H groups in total. The molecule has 4 heterocycles. The zero-order valence-electron chi connectivity index (χ0n) is 24.5. The van der Waals surface area contributed by atoms with E-state index in [0.717, 1.165) is 11.5 Å². The molecule has 0 amide bonds. The van der Waals surface area contributed by atoms with Gasteiger partial charge in [0, 0.05) is 52.0 Å². The first kappa shape index (κ1) is 30.7. The Hall–Kier alpha value is -3.26. The number of hydrogen-bond acceptors (Lipinski definition) is 8. The van der Waals surface area contributed by atoms with E-state index in [-0.39, 0.29) is 40.8 Å². The van der Waals surface area contributed by atoms with Crippen molar-refractivity contribution >= 4 is 38.0 Å². The molecular formula is C31H39F2N5O2S. The third kappa shape index (κ3) is 5.63. The summed E-state index contributed by atoms with van der Waals surface area (Å²) in [6.07, 6.45) is 2.54. The average molecular weight is 584 g/mol. The van der Waals surface area contributed by atoms with Gasteiger partial charge in [0.1, 0.15) is 28.8 Å². The molecule has 3 aliphatic heterocycles. The number of aliphatic imine (C=N–C) groups is 1. The van der Waals surface area contributed by atoms with Crippen LogP contribution in [-0.2, 0) is 4.74 Å². The molecule has 1 saturated heterocycles. The van der Waals surface area contributed by atoms with E-state index in [4.69, 9.17) is 10.5 Å². The highest BCUT2D eigenvalue weighted by atomic mass is 32.1. The molecule has 0 saturated carbocycles. The van der Waals surface area contributed by atoms with E-state index in [1.54, 1.807) is 12.3 Å². The van der Waals surface area contributed by atoms with Crippen LogP contribution in [0, 0.1) is 29.0 Å². The molecule has 3 atom stereocenters. The number of nitrogens with zero attached hydrogens (tertiary/aromatic N) is 3. The molecule has 0 radical (unpaired) electrons. The van der Waals surface area contributed by atoms with Gasteiger partial charge in [0.15, 0.2) is 5.96 Å². The number of nitrogen functional groups attached to an aromatic ring is 1. The van der Waals surface area contributed by atoms with Gasteiger partial charge in [-0.2, -0.15) is 5.26 Å². The fourth-order valence-corrected chi connectivity index (χ4v) is 6.12. The Morgan fingerprint density at radius 2 is 1.93 bits per heavy atom. The molecule has 1 aliphatic carbocycles. The molecule has 3 unspecified atom stereocenters. The summed E-state index contributed by atoms with van der Waals surface area (Å²) < 4.78 is 38.0. The van der Waals surface area contributed by atoms with Crippen molar-refractivity contribution in [3.05, 3.63) is 57.8 Å². The maximum Gasteiger partial charge on any atom is 0.199 e. The molecule has 6 rings (SSSR count). The highest BCUT2D eigenvalue weighted by molar-refractivity contribution is 7.23. The minimum absolute atomic E-state index is 0.0250. The smallest absolute Gasteiger partial charge is 0.199 e. The minimum Gasteiger partial charge on any atom is -0.391 e. The quantitative estimate of drug-likeness (QED) is 0.393. The number of benzene rings is 1. The number of halogens is 2. The Morgan fingerprint density at radius 3 is 2.54 bits per heavy atom. The SMILES string of the molecule is CC.CC1CN(C2=NC3C(=CN2)C2=C(COC2)C(c2c(F)ccc4sc(N)c(C#N)c24)=C3F)CC1O.CCC(C)C. The molecule has 1 aromatic heterocycles. The molecular weight excluding hydrogens is 544 g/mol. The van der Waals surface area contributed by atoms with Crippen LogP contribution in [0.1, 0.15) is 59.1 Å². The number of nitriles is 1. The van der Waals surface area contributed by atoms with Crippen molar-refractivity contribution in [3.63, 3.8) is 0 Å². The van der Waals surface area contributed by atoms with Gasteiger partial charge in [-0.15, -0.1) is 11.3 Å². The molecule has 4 aliphatic rings. The monoisotopic (exact) mass is 583 g/mol. The predicted molar refractivity (Wildman–Crippen MR) is 162 cm³/mol. The van der Waals surface area contributed by atoms with Crippen LogP contribution >= 0.6 is 11.3 Å². The van der Waals surface area contributed by atoms with Gasteiger partial charge < -0.3 is 25.8 Å². The number of fused-ring (bicyclic) bond motifs is 3. The Morgan fingerprint density at radius 1 is 1.24 bits per heavy atom. The first-order valence-corrected chi connectivity index (χ1v) is 15.1. The van der Waals surface area contributed by atoms with Gasteiger partial charge in [0.25, 0.3) is 0 Å². The summed E-state index contributed by atoms with van der Waals surface area (Å²) in [4.78, 5) is 6.54. The predicted octanol–water partition coefficient (Wildman–Crippen LogP) is 6.12. The number of nitrogens with two attached hydrogens (primary N) is 1. The summed E-state index contributed by atoms with van der Waals surface area (Å²) in [6, 6.07) is 3.92. The van der Waals surface area contributed by atoms with E-state index in [1.165, 1.54) is 23.8 Å². The minimum atomic E-state index is -0.976. The Balaban J connectivity index is 0.000000502. The number of rotatable bonds is 2. The molecule has 1 aromatic carbocycles. The zero-order chi connectivity index (χ0) is 30.0. The van der Waals surface area contributed by atoms with Crippen molar-refractivity contribution in [1.29, 1.82) is 5.26 Å². The van der Waals surface area contributed by atoms with Crippen LogP contribution in [0.2, 0.25) is 0 Å². The summed E-state index contributed by atoms with van der Waals surface area (Å²) in [6.45, 7) is 14.0. The molecule has 7 nitrogen and oxygen atoms in total. The highest BCUT2D eigenvalue weighted by Crippen LogP contribution is 2.49. The fourth-order valence-electron chi connectivity index (χ4n) is 5.19. The van der Waals surface area contributed by atoms with E-state index >= 15 is 8.78 Å². The number of ether oxygens (including phenoxy) is 1. The van der Waals surface area contributed by atoms with Crippen LogP contribution in [0.5, 0.6) is 0 Å². The van der Waals surface area contributed by atoms with Crippen LogP contribution in [0.25, 0.3) is 15.7 Å². The van der Waals surface area contributed by atoms with Crippen LogP contribution in [0.4, 0.5) is 13.8 Å². The third-order valence-electron chi connectivity index (χ3n) is 7.77. The molecule has 2 aromatic rings. The summed E-state index contributed by atoms with van der Waals surface area (Å²) >= 11 is 1.17. The largest absolute Gasteiger partial charge is 0.391 e. The van der Waals surface area contributed by atoms with Gasteiger partial charge in [0.05, 0.1) is 24.9 Å². The average Bonchev–Trinajstić information content (AvgIpc) is 3.67. The number of likely N-dealkylation sites (tertiary alicyclic amines) is 1. The molecule has 0 spiro atoms. The van der Waals surface area contributed by atoms with Crippen LogP contribution in [0.3, 0.4) is 0 Å². The van der Waals surface area contributed by atoms with E-state index in [1.807, 2.05) is 25.7 Å². The van der Waals surface area contributed by atoms with Gasteiger partial charge >= 0.3 is 0 Å². The second-order valence-corrected chi connectivity index (χ2v) is 11.9. The lowest BCUT2D eigenvalue weighted by atomic mass is 9.81. The number of thiophene rings is 1. The third-order valence-corrected chi connectivity index (χ3v) is 8.76. The Labute approximate surface area is 244 Å². The Bertz CT molecular complexity index is 1470. The number of nitrogens with one attached hydrogen (secondary N) is 1. The number of β-amino-alcohol motifs (C(OH)–C–C–N with tert-alkyl or cyclic N) is 1. The fraction of sp³-hybridized carbons (Fsp3) is 0.484. The van der Waals surface area contributed by atoms with Gasteiger partial charge in [-0.3, -0.25) is 0 Å². The van der Waals surface area contributed by atoms with Crippen molar-refractivity contribution in [2.24, 2.45) is 16.8 Å². The second kappa shape index (κ2) is 12.7. The molecule has 10 heteroatoms. The Kier molecular flexibility index (Phi) is 9.52. The van der Waals surface area contributed by atoms with Crippen molar-refractivity contribution in [3.8, 4) is 6.07 Å². The van der Waals surface area contributed by atoms with Gasteiger partial charge in [-0.25, -0.2) is 13.8 Å².